The van der Waals surface area contributed by atoms with Crippen molar-refractivity contribution >= 4 is 62.0 Å². The van der Waals surface area contributed by atoms with Gasteiger partial charge in [-0.2, -0.15) is 5.11 Å². The number of hydrogen-bond donors (Lipinski definition) is 3. The molecule has 0 bridgehead atoms. The topological polar surface area (TPSA) is 103 Å². The van der Waals surface area contributed by atoms with Gasteiger partial charge in [0.05, 0.1) is 11.3 Å². The quantitative estimate of drug-likeness (QED) is 0.216. The van der Waals surface area contributed by atoms with Gasteiger partial charge in [0.25, 0.3) is 11.8 Å². The van der Waals surface area contributed by atoms with Gasteiger partial charge in [-0.1, -0.05) is 60.1 Å². The zero-order chi connectivity index (χ0) is 25.9. The Labute approximate surface area is 217 Å². The predicted octanol–water partition coefficient (Wildman–Crippen LogP) is 7.38. The summed E-state index contributed by atoms with van der Waals surface area (Å²) in [4.78, 5) is 25.7. The maximum atomic E-state index is 13.4. The molecule has 5 aromatic carbocycles. The Balaban J connectivity index is 1.63. The number of carbonyl (C=O) groups is 2. The molecule has 0 saturated carbocycles. The molecule has 0 aromatic heterocycles. The van der Waals surface area contributed by atoms with Crippen molar-refractivity contribution < 1.29 is 14.7 Å². The third-order valence-electron chi connectivity index (χ3n) is 5.93. The number of halogens is 1. The molecule has 0 unspecified atom stereocenters. The van der Waals surface area contributed by atoms with Gasteiger partial charge in [0, 0.05) is 34.1 Å². The monoisotopic (exact) mass is 508 g/mol. The molecule has 2 amide bonds. The molecule has 0 radical (unpaired) electrons. The fourth-order valence-electron chi connectivity index (χ4n) is 4.11. The first-order valence-corrected chi connectivity index (χ1v) is 11.8. The van der Waals surface area contributed by atoms with E-state index in [-0.39, 0.29) is 22.9 Å². The summed E-state index contributed by atoms with van der Waals surface area (Å²) in [6.45, 7) is 0. The Morgan fingerprint density at radius 3 is 2.38 bits per heavy atom. The van der Waals surface area contributed by atoms with Crippen molar-refractivity contribution in [3.8, 4) is 5.75 Å². The second-order valence-electron chi connectivity index (χ2n) is 8.30. The number of amides is 2. The molecule has 5 aromatic rings. The van der Waals surface area contributed by atoms with Crippen molar-refractivity contribution in [1.29, 1.82) is 0 Å². The molecule has 0 fully saturated rings. The van der Waals surface area contributed by atoms with Gasteiger partial charge in [-0.25, -0.2) is 0 Å². The normalized spacial score (nSPS) is 11.2. The summed E-state index contributed by atoms with van der Waals surface area (Å²) in [6, 6.07) is 26.5. The van der Waals surface area contributed by atoms with Crippen LogP contribution in [0.5, 0.6) is 5.75 Å². The third kappa shape index (κ3) is 4.85. The minimum Gasteiger partial charge on any atom is -0.505 e. The molecule has 182 valence electrons. The molecule has 0 aliphatic heterocycles. The van der Waals surface area contributed by atoms with Crippen LogP contribution in [0.3, 0.4) is 0 Å². The van der Waals surface area contributed by atoms with Crippen LogP contribution in [0.2, 0.25) is 5.02 Å². The molecule has 5 rings (SSSR count). The number of aromatic hydroxyl groups is 1. The van der Waals surface area contributed by atoms with E-state index in [1.807, 2.05) is 36.4 Å². The smallest absolute Gasteiger partial charge is 0.259 e. The number of fused-ring (bicyclic) bond motifs is 2. The molecular formula is C29H21ClN4O3. The number of hydrogen-bond acceptors (Lipinski definition) is 5. The first kappa shape index (κ1) is 24.0. The summed E-state index contributed by atoms with van der Waals surface area (Å²) in [5.74, 6) is -1.14. The molecule has 0 saturated heterocycles. The summed E-state index contributed by atoms with van der Waals surface area (Å²) in [5, 5.41) is 28.6. The van der Waals surface area contributed by atoms with Crippen molar-refractivity contribution in [3.05, 3.63) is 107 Å². The van der Waals surface area contributed by atoms with E-state index in [0.29, 0.717) is 32.7 Å². The summed E-state index contributed by atoms with van der Waals surface area (Å²) >= 11 is 6.06. The molecule has 3 N–H and O–H groups in total. The van der Waals surface area contributed by atoms with Crippen molar-refractivity contribution in [3.63, 3.8) is 0 Å². The highest BCUT2D eigenvalue weighted by molar-refractivity contribution is 6.30. The van der Waals surface area contributed by atoms with Gasteiger partial charge in [0.15, 0.2) is 5.75 Å². The molecule has 37 heavy (non-hydrogen) atoms. The van der Waals surface area contributed by atoms with E-state index >= 15 is 0 Å². The fourth-order valence-corrected chi connectivity index (χ4v) is 4.29. The molecule has 0 atom stereocenters. The first-order chi connectivity index (χ1) is 17.9. The number of phenolic OH excluding ortho intramolecular Hbond substituents is 1. The Morgan fingerprint density at radius 1 is 0.784 bits per heavy atom. The molecule has 0 aliphatic carbocycles. The SMILES string of the molecule is CNC(=O)c1ccc2c(N=Nc3cccc(Cl)c3)c(O)c(C(=O)Nc3cccc4ccccc34)cc2c1. The summed E-state index contributed by atoms with van der Waals surface area (Å²) in [5.41, 5.74) is 1.58. The van der Waals surface area contributed by atoms with Crippen LogP contribution in [0.15, 0.2) is 101 Å². The maximum Gasteiger partial charge on any atom is 0.259 e. The largest absolute Gasteiger partial charge is 0.505 e. The molecular weight excluding hydrogens is 488 g/mol. The van der Waals surface area contributed by atoms with E-state index < -0.39 is 5.91 Å². The number of anilines is 1. The summed E-state index contributed by atoms with van der Waals surface area (Å²) in [6.07, 6.45) is 0. The van der Waals surface area contributed by atoms with E-state index in [2.05, 4.69) is 20.9 Å². The second kappa shape index (κ2) is 10.1. The number of phenols is 1. The van der Waals surface area contributed by atoms with Crippen LogP contribution < -0.4 is 10.6 Å². The van der Waals surface area contributed by atoms with Gasteiger partial charge in [0.2, 0.25) is 0 Å². The number of carbonyl (C=O) groups excluding carboxylic acids is 2. The Bertz CT molecular complexity index is 1710. The standard InChI is InChI=1S/C29H21ClN4O3/c1-31-28(36)18-12-13-23-19(14-18)15-24(27(35)26(23)34-33-21-9-5-8-20(30)16-21)29(37)32-25-11-4-7-17-6-2-3-10-22(17)25/h2-16,35H,1H3,(H,31,36)(H,32,37). The van der Waals surface area contributed by atoms with Crippen LogP contribution >= 0.6 is 11.6 Å². The number of nitrogens with zero attached hydrogens (tertiary/aromatic N) is 2. The summed E-state index contributed by atoms with van der Waals surface area (Å²) in [7, 11) is 1.54. The number of nitrogens with one attached hydrogen (secondary N) is 2. The van der Waals surface area contributed by atoms with Gasteiger partial charge in [-0.05, 0) is 53.2 Å². The number of azo groups is 1. The zero-order valence-electron chi connectivity index (χ0n) is 19.7. The van der Waals surface area contributed by atoms with E-state index in [0.717, 1.165) is 10.8 Å². The van der Waals surface area contributed by atoms with Crippen LogP contribution in [-0.2, 0) is 0 Å². The average molecular weight is 509 g/mol. The third-order valence-corrected chi connectivity index (χ3v) is 6.17. The Morgan fingerprint density at radius 2 is 1.57 bits per heavy atom. The average Bonchev–Trinajstić information content (AvgIpc) is 2.91. The minimum atomic E-state index is -0.527. The van der Waals surface area contributed by atoms with E-state index in [4.69, 9.17) is 11.6 Å². The highest BCUT2D eigenvalue weighted by Gasteiger charge is 2.20. The second-order valence-corrected chi connectivity index (χ2v) is 8.73. The predicted molar refractivity (Wildman–Crippen MR) is 147 cm³/mol. The first-order valence-electron chi connectivity index (χ1n) is 11.4. The van der Waals surface area contributed by atoms with Crippen LogP contribution in [0.25, 0.3) is 21.5 Å². The van der Waals surface area contributed by atoms with Crippen molar-refractivity contribution in [1.82, 2.24) is 5.32 Å². The van der Waals surface area contributed by atoms with Crippen molar-refractivity contribution in [2.75, 3.05) is 12.4 Å². The van der Waals surface area contributed by atoms with Crippen LogP contribution in [-0.4, -0.2) is 24.0 Å². The molecule has 0 heterocycles. The van der Waals surface area contributed by atoms with Gasteiger partial charge in [0.1, 0.15) is 5.69 Å². The van der Waals surface area contributed by atoms with E-state index in [1.54, 1.807) is 48.5 Å². The lowest BCUT2D eigenvalue weighted by atomic mass is 10.00. The van der Waals surface area contributed by atoms with E-state index in [9.17, 15) is 14.7 Å². The zero-order valence-corrected chi connectivity index (χ0v) is 20.5. The van der Waals surface area contributed by atoms with Crippen molar-refractivity contribution in [2.24, 2.45) is 10.2 Å². The molecule has 8 heteroatoms. The van der Waals surface area contributed by atoms with Crippen LogP contribution in [0, 0.1) is 0 Å². The minimum absolute atomic E-state index is 0.00506. The van der Waals surface area contributed by atoms with E-state index in [1.165, 1.54) is 13.1 Å². The van der Waals surface area contributed by atoms with Gasteiger partial charge >= 0.3 is 0 Å². The van der Waals surface area contributed by atoms with Gasteiger partial charge in [-0.3, -0.25) is 9.59 Å². The lowest BCUT2D eigenvalue weighted by molar-refractivity contribution is 0.0962. The maximum absolute atomic E-state index is 13.4. The Kier molecular flexibility index (Phi) is 6.53. The van der Waals surface area contributed by atoms with Crippen LogP contribution in [0.1, 0.15) is 20.7 Å². The highest BCUT2D eigenvalue weighted by Crippen LogP contribution is 2.40. The number of rotatable bonds is 5. The lowest BCUT2D eigenvalue weighted by Gasteiger charge is -2.13. The number of benzene rings is 5. The van der Waals surface area contributed by atoms with Crippen molar-refractivity contribution in [2.45, 2.75) is 0 Å². The molecule has 0 aliphatic rings. The van der Waals surface area contributed by atoms with Gasteiger partial charge in [-0.15, -0.1) is 5.11 Å². The summed E-state index contributed by atoms with van der Waals surface area (Å²) < 4.78 is 0. The fraction of sp³-hybridized carbons (Fsp3) is 0.0345. The lowest BCUT2D eigenvalue weighted by Crippen LogP contribution is -2.17. The van der Waals surface area contributed by atoms with Gasteiger partial charge < -0.3 is 15.7 Å². The van der Waals surface area contributed by atoms with Crippen LogP contribution in [0.4, 0.5) is 17.1 Å². The molecule has 0 spiro atoms. The Hall–Kier alpha value is -4.75. The molecule has 7 nitrogen and oxygen atoms in total. The highest BCUT2D eigenvalue weighted by atomic mass is 35.5.